The number of rotatable bonds is 4. The highest BCUT2D eigenvalue weighted by Gasteiger charge is 2.21. The van der Waals surface area contributed by atoms with E-state index < -0.39 is 0 Å². The molecule has 0 amide bonds. The third-order valence-electron chi connectivity index (χ3n) is 3.69. The lowest BCUT2D eigenvalue weighted by Gasteiger charge is -2.12. The fourth-order valence-electron chi connectivity index (χ4n) is 2.61. The van der Waals surface area contributed by atoms with Crippen LogP contribution >= 0.6 is 0 Å². The quantitative estimate of drug-likeness (QED) is 0.866. The smallest absolute Gasteiger partial charge is 0.244 e. The van der Waals surface area contributed by atoms with E-state index in [1.165, 1.54) is 5.56 Å². The summed E-state index contributed by atoms with van der Waals surface area (Å²) in [6.45, 7) is 0.290. The summed E-state index contributed by atoms with van der Waals surface area (Å²) in [4.78, 5) is 0. The van der Waals surface area contributed by atoms with E-state index in [2.05, 4.69) is 12.1 Å². The molecule has 0 radical (unpaired) electrons. The summed E-state index contributed by atoms with van der Waals surface area (Å²) < 4.78 is 22.2. The summed E-state index contributed by atoms with van der Waals surface area (Å²) >= 11 is 0. The first-order valence-corrected chi connectivity index (χ1v) is 7.30. The van der Waals surface area contributed by atoms with Crippen LogP contribution in [0.3, 0.4) is 0 Å². The maximum Gasteiger partial charge on any atom is 0.244 e. The molecule has 4 rings (SSSR count). The first kappa shape index (κ1) is 13.1. The van der Waals surface area contributed by atoms with Crippen molar-refractivity contribution in [3.05, 3.63) is 71.7 Å². The number of allylic oxidation sites excluding steroid dienone is 1. The standard InChI is InChI=1S/C18H16O4/c1-2-4-13(5-3-1)8-15-11-19-18(22-15)10-14-6-7-16-17(9-14)21-12-20-16/h1-7,9,11,18H,8,10,12H2. The molecule has 0 aliphatic carbocycles. The summed E-state index contributed by atoms with van der Waals surface area (Å²) in [5.74, 6) is 2.44. The molecule has 0 fully saturated rings. The van der Waals surface area contributed by atoms with E-state index >= 15 is 0 Å². The highest BCUT2D eigenvalue weighted by Crippen LogP contribution is 2.33. The molecule has 0 saturated carbocycles. The molecule has 112 valence electrons. The molecular weight excluding hydrogens is 280 g/mol. The van der Waals surface area contributed by atoms with Gasteiger partial charge < -0.3 is 18.9 Å². The fourth-order valence-corrected chi connectivity index (χ4v) is 2.61. The SMILES string of the molecule is C1=C(Cc2ccccc2)OC(Cc2ccc3c(c2)OCO3)O1. The van der Waals surface area contributed by atoms with Crippen LogP contribution < -0.4 is 9.47 Å². The molecule has 4 nitrogen and oxygen atoms in total. The molecule has 0 saturated heterocycles. The Morgan fingerprint density at radius 3 is 2.68 bits per heavy atom. The average Bonchev–Trinajstić information content (AvgIpc) is 3.17. The zero-order chi connectivity index (χ0) is 14.8. The Bertz CT molecular complexity index is 693. The molecule has 1 atom stereocenters. The minimum Gasteiger partial charge on any atom is -0.459 e. The van der Waals surface area contributed by atoms with Crippen LogP contribution in [-0.2, 0) is 22.3 Å². The number of benzene rings is 2. The van der Waals surface area contributed by atoms with E-state index in [4.69, 9.17) is 18.9 Å². The molecule has 0 spiro atoms. The number of ether oxygens (including phenoxy) is 4. The van der Waals surface area contributed by atoms with Crippen molar-refractivity contribution in [3.8, 4) is 11.5 Å². The Balaban J connectivity index is 1.36. The lowest BCUT2D eigenvalue weighted by Crippen LogP contribution is -2.12. The monoisotopic (exact) mass is 296 g/mol. The predicted octanol–water partition coefficient (Wildman–Crippen LogP) is 3.41. The summed E-state index contributed by atoms with van der Waals surface area (Å²) in [5, 5.41) is 0. The first-order chi connectivity index (χ1) is 10.9. The van der Waals surface area contributed by atoms with Crippen molar-refractivity contribution in [2.45, 2.75) is 19.1 Å². The van der Waals surface area contributed by atoms with Gasteiger partial charge in [0.2, 0.25) is 13.1 Å². The minimum absolute atomic E-state index is 0.279. The van der Waals surface area contributed by atoms with Crippen molar-refractivity contribution in [3.63, 3.8) is 0 Å². The molecule has 2 aromatic carbocycles. The average molecular weight is 296 g/mol. The molecule has 2 heterocycles. The van der Waals surface area contributed by atoms with Gasteiger partial charge in [-0.15, -0.1) is 0 Å². The van der Waals surface area contributed by atoms with Crippen LogP contribution in [0.5, 0.6) is 11.5 Å². The predicted molar refractivity (Wildman–Crippen MR) is 80.5 cm³/mol. The minimum atomic E-state index is -0.279. The molecule has 2 aliphatic heterocycles. The zero-order valence-corrected chi connectivity index (χ0v) is 12.0. The second-order valence-corrected chi connectivity index (χ2v) is 5.32. The Labute approximate surface area is 128 Å². The number of hydrogen-bond acceptors (Lipinski definition) is 4. The van der Waals surface area contributed by atoms with Crippen molar-refractivity contribution in [1.29, 1.82) is 0 Å². The molecule has 0 bridgehead atoms. The molecule has 0 aromatic heterocycles. The zero-order valence-electron chi connectivity index (χ0n) is 12.0. The largest absolute Gasteiger partial charge is 0.459 e. The van der Waals surface area contributed by atoms with Gasteiger partial charge in [0.05, 0.1) is 0 Å². The van der Waals surface area contributed by atoms with Gasteiger partial charge in [-0.25, -0.2) is 0 Å². The van der Waals surface area contributed by atoms with Crippen LogP contribution in [0.4, 0.5) is 0 Å². The van der Waals surface area contributed by atoms with E-state index in [0.717, 1.165) is 29.2 Å². The lowest BCUT2D eigenvalue weighted by molar-refractivity contribution is -0.0308. The molecule has 2 aromatic rings. The summed E-state index contributed by atoms with van der Waals surface area (Å²) in [6, 6.07) is 16.1. The maximum absolute atomic E-state index is 5.86. The van der Waals surface area contributed by atoms with Gasteiger partial charge in [-0.2, -0.15) is 0 Å². The summed E-state index contributed by atoms with van der Waals surface area (Å²) in [6.07, 6.45) is 2.85. The van der Waals surface area contributed by atoms with Crippen molar-refractivity contribution >= 4 is 0 Å². The van der Waals surface area contributed by atoms with Gasteiger partial charge in [0.1, 0.15) is 12.0 Å². The molecule has 0 N–H and O–H groups in total. The Morgan fingerprint density at radius 1 is 0.909 bits per heavy atom. The van der Waals surface area contributed by atoms with Crippen LogP contribution in [0.25, 0.3) is 0 Å². The molecule has 2 aliphatic rings. The molecule has 1 unspecified atom stereocenters. The van der Waals surface area contributed by atoms with E-state index in [1.54, 1.807) is 6.26 Å². The van der Waals surface area contributed by atoms with Crippen molar-refractivity contribution in [2.24, 2.45) is 0 Å². The van der Waals surface area contributed by atoms with Gasteiger partial charge in [-0.3, -0.25) is 0 Å². The normalized spacial score (nSPS) is 18.5. The first-order valence-electron chi connectivity index (χ1n) is 7.30. The van der Waals surface area contributed by atoms with Gasteiger partial charge in [-0.05, 0) is 23.3 Å². The Morgan fingerprint density at radius 2 is 1.77 bits per heavy atom. The van der Waals surface area contributed by atoms with Crippen molar-refractivity contribution in [2.75, 3.05) is 6.79 Å². The van der Waals surface area contributed by atoms with Gasteiger partial charge in [-0.1, -0.05) is 36.4 Å². The van der Waals surface area contributed by atoms with Crippen LogP contribution in [-0.4, -0.2) is 13.1 Å². The highest BCUT2D eigenvalue weighted by molar-refractivity contribution is 5.44. The number of hydrogen-bond donors (Lipinski definition) is 0. The van der Waals surface area contributed by atoms with E-state index in [1.807, 2.05) is 36.4 Å². The van der Waals surface area contributed by atoms with Crippen LogP contribution in [0.1, 0.15) is 11.1 Å². The molecule has 22 heavy (non-hydrogen) atoms. The lowest BCUT2D eigenvalue weighted by atomic mass is 10.1. The maximum atomic E-state index is 5.86. The Kier molecular flexibility index (Phi) is 3.35. The third kappa shape index (κ3) is 2.72. The second-order valence-electron chi connectivity index (χ2n) is 5.32. The van der Waals surface area contributed by atoms with Crippen molar-refractivity contribution < 1.29 is 18.9 Å². The van der Waals surface area contributed by atoms with Crippen molar-refractivity contribution in [1.82, 2.24) is 0 Å². The fraction of sp³-hybridized carbons (Fsp3) is 0.222. The van der Waals surface area contributed by atoms with Gasteiger partial charge in [0.25, 0.3) is 0 Å². The van der Waals surface area contributed by atoms with Gasteiger partial charge in [0, 0.05) is 12.8 Å². The topological polar surface area (TPSA) is 36.9 Å². The van der Waals surface area contributed by atoms with Crippen LogP contribution in [0.2, 0.25) is 0 Å². The number of fused-ring (bicyclic) bond motifs is 1. The molecular formula is C18H16O4. The van der Waals surface area contributed by atoms with E-state index in [9.17, 15) is 0 Å². The van der Waals surface area contributed by atoms with Gasteiger partial charge >= 0.3 is 0 Å². The van der Waals surface area contributed by atoms with Gasteiger partial charge in [0.15, 0.2) is 11.5 Å². The van der Waals surface area contributed by atoms with Crippen LogP contribution in [0, 0.1) is 0 Å². The summed E-state index contributed by atoms with van der Waals surface area (Å²) in [5.41, 5.74) is 2.31. The van der Waals surface area contributed by atoms with E-state index in [-0.39, 0.29) is 13.1 Å². The van der Waals surface area contributed by atoms with Crippen LogP contribution in [0.15, 0.2) is 60.6 Å². The molecule has 4 heteroatoms. The highest BCUT2D eigenvalue weighted by atomic mass is 16.7. The summed E-state index contributed by atoms with van der Waals surface area (Å²) in [7, 11) is 0. The second kappa shape index (κ2) is 5.64. The third-order valence-corrected chi connectivity index (χ3v) is 3.69. The van der Waals surface area contributed by atoms with E-state index in [0.29, 0.717) is 6.42 Å². The Hall–Kier alpha value is -2.62.